The van der Waals surface area contributed by atoms with Crippen molar-refractivity contribution in [2.45, 2.75) is 32.9 Å². The molecule has 0 bridgehead atoms. The Labute approximate surface area is 185 Å². The highest BCUT2D eigenvalue weighted by Gasteiger charge is 2.23. The molecule has 0 saturated carbocycles. The van der Waals surface area contributed by atoms with Crippen LogP contribution in [-0.2, 0) is 11.3 Å². The molecular formula is C25H23FN4O2. The Kier molecular flexibility index (Phi) is 5.57. The molecule has 4 aromatic rings. The van der Waals surface area contributed by atoms with Gasteiger partial charge in [-0.3, -0.25) is 19.6 Å². The molecule has 0 saturated heterocycles. The third-order valence-corrected chi connectivity index (χ3v) is 4.91. The number of halogens is 1. The minimum absolute atomic E-state index is 0.0166. The van der Waals surface area contributed by atoms with Crippen molar-refractivity contribution in [1.29, 1.82) is 0 Å². The molecule has 162 valence electrons. The number of nitrogens with one attached hydrogen (secondary N) is 1. The summed E-state index contributed by atoms with van der Waals surface area (Å²) in [7, 11) is 0. The molecule has 1 amide bonds. The summed E-state index contributed by atoms with van der Waals surface area (Å²) in [5, 5.41) is 3.53. The molecule has 1 N–H and O–H groups in total. The quantitative estimate of drug-likeness (QED) is 0.477. The summed E-state index contributed by atoms with van der Waals surface area (Å²) in [5.74, 6) is -1.25. The van der Waals surface area contributed by atoms with Crippen LogP contribution in [0.15, 0.2) is 67.3 Å². The number of carbonyl (C=O) groups excluding carboxylic acids is 2. The number of benzene rings is 1. The van der Waals surface area contributed by atoms with Crippen LogP contribution in [0.4, 0.5) is 4.39 Å². The second kappa shape index (κ2) is 8.34. The summed E-state index contributed by atoms with van der Waals surface area (Å²) in [5.41, 5.74) is 1.83. The van der Waals surface area contributed by atoms with Crippen molar-refractivity contribution < 1.29 is 14.0 Å². The molecule has 32 heavy (non-hydrogen) atoms. The van der Waals surface area contributed by atoms with E-state index in [0.29, 0.717) is 22.2 Å². The number of hydrogen-bond donors (Lipinski definition) is 1. The van der Waals surface area contributed by atoms with Crippen LogP contribution in [0.2, 0.25) is 0 Å². The average Bonchev–Trinajstić information content (AvgIpc) is 3.11. The maximum absolute atomic E-state index is 14.4. The Hall–Kier alpha value is -3.87. The Morgan fingerprint density at radius 2 is 1.81 bits per heavy atom. The second-order valence-electron chi connectivity index (χ2n) is 8.58. The van der Waals surface area contributed by atoms with E-state index < -0.39 is 17.1 Å². The molecule has 0 aliphatic rings. The number of amides is 1. The molecule has 0 spiro atoms. The number of carbonyl (C=O) groups is 2. The van der Waals surface area contributed by atoms with Crippen molar-refractivity contribution in [2.24, 2.45) is 0 Å². The Morgan fingerprint density at radius 1 is 1.03 bits per heavy atom. The van der Waals surface area contributed by atoms with Crippen LogP contribution in [0.3, 0.4) is 0 Å². The number of fused-ring (bicyclic) bond motifs is 1. The number of ketones is 1. The van der Waals surface area contributed by atoms with Gasteiger partial charge in [0.25, 0.3) is 0 Å². The summed E-state index contributed by atoms with van der Waals surface area (Å²) >= 11 is 0. The van der Waals surface area contributed by atoms with Crippen LogP contribution in [0.1, 0.15) is 36.7 Å². The van der Waals surface area contributed by atoms with Crippen molar-refractivity contribution in [3.63, 3.8) is 0 Å². The first kappa shape index (κ1) is 21.4. The molecule has 1 aromatic carbocycles. The first-order valence-corrected chi connectivity index (χ1v) is 10.2. The lowest BCUT2D eigenvalue weighted by Crippen LogP contribution is -2.42. The second-order valence-corrected chi connectivity index (χ2v) is 8.58. The van der Waals surface area contributed by atoms with Crippen molar-refractivity contribution in [3.05, 3.63) is 84.2 Å². The number of pyridine rings is 2. The SMILES string of the molecule is CC(C)(C)NC(=O)Cn1cc(C(=O)c2ccccc2F)c2ccnc(-c3cccnc3)c21. The van der Waals surface area contributed by atoms with Gasteiger partial charge in [-0.15, -0.1) is 0 Å². The van der Waals surface area contributed by atoms with Gasteiger partial charge in [-0.25, -0.2) is 4.39 Å². The van der Waals surface area contributed by atoms with Gasteiger partial charge in [0.15, 0.2) is 5.78 Å². The van der Waals surface area contributed by atoms with E-state index in [2.05, 4.69) is 15.3 Å². The number of rotatable bonds is 5. The highest BCUT2D eigenvalue weighted by molar-refractivity contribution is 6.17. The summed E-state index contributed by atoms with van der Waals surface area (Å²) in [6.45, 7) is 5.68. The maximum Gasteiger partial charge on any atom is 0.240 e. The Balaban J connectivity index is 1.90. The lowest BCUT2D eigenvalue weighted by Gasteiger charge is -2.21. The smallest absolute Gasteiger partial charge is 0.240 e. The van der Waals surface area contributed by atoms with Crippen LogP contribution in [-0.4, -0.2) is 31.8 Å². The normalized spacial score (nSPS) is 11.5. The van der Waals surface area contributed by atoms with E-state index in [4.69, 9.17) is 0 Å². The number of hydrogen-bond acceptors (Lipinski definition) is 4. The van der Waals surface area contributed by atoms with Gasteiger partial charge >= 0.3 is 0 Å². The maximum atomic E-state index is 14.4. The molecule has 0 aliphatic heterocycles. The zero-order valence-corrected chi connectivity index (χ0v) is 18.1. The minimum atomic E-state index is -0.592. The topological polar surface area (TPSA) is 76.9 Å². The van der Waals surface area contributed by atoms with Gasteiger partial charge in [0.05, 0.1) is 16.8 Å². The molecule has 4 rings (SSSR count). The predicted octanol–water partition coefficient (Wildman–Crippen LogP) is 4.38. The van der Waals surface area contributed by atoms with Gasteiger partial charge in [-0.05, 0) is 51.1 Å². The molecule has 3 heterocycles. The largest absolute Gasteiger partial charge is 0.350 e. The molecule has 6 nitrogen and oxygen atoms in total. The van der Waals surface area contributed by atoms with E-state index in [1.165, 1.54) is 18.2 Å². The lowest BCUT2D eigenvalue weighted by molar-refractivity contribution is -0.123. The van der Waals surface area contributed by atoms with Crippen LogP contribution in [0.5, 0.6) is 0 Å². The molecule has 0 fully saturated rings. The lowest BCUT2D eigenvalue weighted by atomic mass is 10.0. The van der Waals surface area contributed by atoms with Crippen LogP contribution < -0.4 is 5.32 Å². The highest BCUT2D eigenvalue weighted by atomic mass is 19.1. The van der Waals surface area contributed by atoms with Gasteiger partial charge in [0.1, 0.15) is 12.4 Å². The minimum Gasteiger partial charge on any atom is -0.350 e. The van der Waals surface area contributed by atoms with E-state index in [0.717, 1.165) is 5.56 Å². The molecule has 3 aromatic heterocycles. The molecule has 0 atom stereocenters. The van der Waals surface area contributed by atoms with Crippen LogP contribution >= 0.6 is 0 Å². The van der Waals surface area contributed by atoms with Gasteiger partial charge in [0, 0.05) is 46.8 Å². The van der Waals surface area contributed by atoms with Crippen molar-refractivity contribution >= 4 is 22.6 Å². The number of aromatic nitrogens is 3. The predicted molar refractivity (Wildman–Crippen MR) is 121 cm³/mol. The fourth-order valence-corrected chi connectivity index (χ4v) is 3.67. The summed E-state index contributed by atoms with van der Waals surface area (Å²) in [6, 6.07) is 11.2. The molecule has 0 aliphatic carbocycles. The zero-order chi connectivity index (χ0) is 22.9. The van der Waals surface area contributed by atoms with Gasteiger partial charge in [-0.1, -0.05) is 12.1 Å². The third kappa shape index (κ3) is 4.27. The van der Waals surface area contributed by atoms with Crippen molar-refractivity contribution in [2.75, 3.05) is 0 Å². The standard InChI is InChI=1S/C25H23FN4O2/c1-25(2,3)29-21(31)15-30-14-19(24(32)18-8-4-5-9-20(18)26)17-10-12-28-22(23(17)30)16-7-6-11-27-13-16/h4-14H,15H2,1-3H3,(H,29,31). The van der Waals surface area contributed by atoms with Crippen LogP contribution in [0.25, 0.3) is 22.2 Å². The van der Waals surface area contributed by atoms with Gasteiger partial charge in [0.2, 0.25) is 5.91 Å². The van der Waals surface area contributed by atoms with E-state index in [-0.39, 0.29) is 18.0 Å². The van der Waals surface area contributed by atoms with Crippen molar-refractivity contribution in [3.8, 4) is 11.3 Å². The fraction of sp³-hybridized carbons (Fsp3) is 0.200. The monoisotopic (exact) mass is 430 g/mol. The molecule has 0 unspecified atom stereocenters. The Morgan fingerprint density at radius 3 is 2.50 bits per heavy atom. The first-order valence-electron chi connectivity index (χ1n) is 10.2. The Bertz CT molecular complexity index is 1310. The highest BCUT2D eigenvalue weighted by Crippen LogP contribution is 2.31. The van der Waals surface area contributed by atoms with Crippen molar-refractivity contribution in [1.82, 2.24) is 19.9 Å². The summed E-state index contributed by atoms with van der Waals surface area (Å²) in [4.78, 5) is 34.7. The van der Waals surface area contributed by atoms with E-state index in [9.17, 15) is 14.0 Å². The first-order chi connectivity index (χ1) is 15.2. The molecule has 0 radical (unpaired) electrons. The summed E-state index contributed by atoms with van der Waals surface area (Å²) in [6.07, 6.45) is 6.53. The van der Waals surface area contributed by atoms with Gasteiger partial charge in [-0.2, -0.15) is 0 Å². The summed E-state index contributed by atoms with van der Waals surface area (Å²) < 4.78 is 16.1. The van der Waals surface area contributed by atoms with E-state index >= 15 is 0 Å². The molecular weight excluding hydrogens is 407 g/mol. The fourth-order valence-electron chi connectivity index (χ4n) is 3.67. The van der Waals surface area contributed by atoms with E-state index in [1.807, 2.05) is 26.8 Å². The van der Waals surface area contributed by atoms with Gasteiger partial charge < -0.3 is 9.88 Å². The van der Waals surface area contributed by atoms with Crippen LogP contribution in [0, 0.1) is 5.82 Å². The number of nitrogens with zero attached hydrogens (tertiary/aromatic N) is 3. The average molecular weight is 430 g/mol. The third-order valence-electron chi connectivity index (χ3n) is 4.91. The zero-order valence-electron chi connectivity index (χ0n) is 18.1. The molecule has 7 heteroatoms. The van der Waals surface area contributed by atoms with E-state index in [1.54, 1.807) is 47.6 Å².